The van der Waals surface area contributed by atoms with Crippen LogP contribution in [-0.4, -0.2) is 65.3 Å². The Morgan fingerprint density at radius 1 is 0.464 bits per heavy atom. The van der Waals surface area contributed by atoms with Gasteiger partial charge in [-0.05, 0) is 71.7 Å². The predicted molar refractivity (Wildman–Crippen MR) is 299 cm³/mol. The Balaban J connectivity index is -0.0000000799. The molecule has 0 aliphatic carbocycles. The van der Waals surface area contributed by atoms with Gasteiger partial charge in [0.1, 0.15) is 12.5 Å². The molecule has 0 unspecified atom stereocenters. The third-order valence-electron chi connectivity index (χ3n) is 4.00. The van der Waals surface area contributed by atoms with Gasteiger partial charge in [0.05, 0.1) is 36.8 Å². The maximum absolute atomic E-state index is 4.58. The lowest BCUT2D eigenvalue weighted by Gasteiger charge is -1.59. The van der Waals surface area contributed by atoms with Gasteiger partial charge in [0, 0.05) is 60.3 Å². The summed E-state index contributed by atoms with van der Waals surface area (Å²) in [4.78, 5) is 16.6. The summed E-state index contributed by atoms with van der Waals surface area (Å²) >= 11 is 4.78. The maximum Gasteiger partial charge on any atom is 0.180 e. The Morgan fingerprint density at radius 2 is 1.10 bits per heavy atom. The van der Waals surface area contributed by atoms with Crippen LogP contribution in [0.5, 0.6) is 0 Å². The summed E-state index contributed by atoms with van der Waals surface area (Å²) < 4.78 is 17.2. The molecule has 4 N–H and O–H groups in total. The van der Waals surface area contributed by atoms with Crippen LogP contribution in [0.15, 0.2) is 195 Å². The molecule has 0 saturated carbocycles. The van der Waals surface area contributed by atoms with E-state index in [0.717, 1.165) is 0 Å². The number of H-pyrrole nitrogens is 4. The Labute approximate surface area is 429 Å². The van der Waals surface area contributed by atoms with Crippen molar-refractivity contribution in [3.63, 3.8) is 0 Å². The van der Waals surface area contributed by atoms with Crippen molar-refractivity contribution in [2.24, 2.45) is 0 Å². The molecule has 10 heterocycles. The van der Waals surface area contributed by atoms with Crippen LogP contribution >= 0.6 is 34.2 Å². The molecule has 10 aromatic heterocycles. The van der Waals surface area contributed by atoms with E-state index in [1.165, 1.54) is 30.5 Å². The number of aromatic nitrogens is 13. The molecule has 0 radical (unpaired) electrons. The van der Waals surface area contributed by atoms with Crippen LogP contribution in [-0.2, 0) is 0 Å². The van der Waals surface area contributed by atoms with Gasteiger partial charge in [0.2, 0.25) is 0 Å². The van der Waals surface area contributed by atoms with E-state index in [1.54, 1.807) is 110 Å². The quantitative estimate of drug-likeness (QED) is 0.111. The van der Waals surface area contributed by atoms with E-state index in [-0.39, 0.29) is 0 Å². The first-order valence-corrected chi connectivity index (χ1v) is 26.0. The van der Waals surface area contributed by atoms with Crippen molar-refractivity contribution in [3.8, 4) is 0 Å². The normalized spacial score (nSPS) is 6.77. The van der Waals surface area contributed by atoms with Crippen molar-refractivity contribution in [1.29, 1.82) is 0 Å². The number of thiophene rings is 1. The van der Waals surface area contributed by atoms with Crippen molar-refractivity contribution < 1.29 is 13.4 Å². The van der Waals surface area contributed by atoms with Crippen LogP contribution in [0, 0.1) is 6.92 Å². The lowest BCUT2D eigenvalue weighted by molar-refractivity contribution is 0.420. The number of imidazole rings is 1. The SMILES string of the molecule is CC.CC.CC.CC.CC.CC.CC.CC.CC.Cc1nn[nH]n1.c1c[nH]cn1.c1cc[nH]c1.c1ccoc1.c1ccsc1.c1cn[nH]c1.c1cnoc1.c1cnsc1.c1cocn1.c1cscn1. The molecular weight excluding hydrogens is 927 g/mol. The number of aryl methyl sites for hydroxylation is 1. The lowest BCUT2D eigenvalue weighted by atomic mass is 10.7. The third-order valence-corrected chi connectivity index (χ3v) is 5.67. The van der Waals surface area contributed by atoms with Gasteiger partial charge in [-0.3, -0.25) is 10.1 Å². The molecule has 0 spiro atoms. The second kappa shape index (κ2) is 109. The minimum Gasteiger partial charge on any atom is -0.473 e. The predicted octanol–water partition coefficient (Wildman–Crippen LogP) is 17.2. The van der Waals surface area contributed by atoms with Crippen LogP contribution in [0.1, 0.15) is 130 Å². The summed E-state index contributed by atoms with van der Waals surface area (Å²) in [6.07, 6.45) is 26.6. The van der Waals surface area contributed by atoms with Crippen LogP contribution in [0.25, 0.3) is 0 Å². The molecule has 19 heteroatoms. The molecule has 392 valence electrons. The van der Waals surface area contributed by atoms with E-state index < -0.39 is 0 Å². The number of thiazole rings is 1. The van der Waals surface area contributed by atoms with Crippen molar-refractivity contribution in [2.45, 2.75) is 132 Å². The Bertz CT molecular complexity index is 1210. The molecule has 69 heavy (non-hydrogen) atoms. The minimum absolute atomic E-state index is 0.676. The second-order valence-electron chi connectivity index (χ2n) is 7.69. The zero-order chi connectivity index (χ0) is 54.2. The van der Waals surface area contributed by atoms with Crippen molar-refractivity contribution in [1.82, 2.24) is 65.3 Å². The number of nitrogens with one attached hydrogen (secondary N) is 4. The summed E-state index contributed by atoms with van der Waals surface area (Å²) in [6.45, 7) is 37.8. The van der Waals surface area contributed by atoms with Gasteiger partial charge in [-0.15, -0.1) is 21.5 Å². The molecule has 0 aliphatic rings. The molecule has 16 nitrogen and oxygen atoms in total. The van der Waals surface area contributed by atoms with Crippen LogP contribution in [0.4, 0.5) is 0 Å². The smallest absolute Gasteiger partial charge is 0.180 e. The molecule has 10 rings (SSSR count). The third kappa shape index (κ3) is 105. The zero-order valence-corrected chi connectivity index (χ0v) is 47.7. The minimum atomic E-state index is 0.676. The van der Waals surface area contributed by atoms with Crippen LogP contribution in [0.3, 0.4) is 0 Å². The molecule has 0 saturated heterocycles. The Hall–Kier alpha value is -6.57. The number of rotatable bonds is 0. The largest absolute Gasteiger partial charge is 0.473 e. The molecule has 0 amide bonds. The summed E-state index contributed by atoms with van der Waals surface area (Å²) in [6, 6.07) is 17.1. The van der Waals surface area contributed by atoms with Gasteiger partial charge < -0.3 is 23.3 Å². The fourth-order valence-corrected chi connectivity index (χ4v) is 3.23. The average Bonchev–Trinajstić information content (AvgIpc) is 4.31. The van der Waals surface area contributed by atoms with Crippen LogP contribution < -0.4 is 0 Å². The topological polar surface area (TPSA) is 219 Å². The number of oxazole rings is 1. The first kappa shape index (κ1) is 82.5. The number of furan rings is 1. The summed E-state index contributed by atoms with van der Waals surface area (Å²) in [7, 11) is 0. The number of aromatic amines is 4. The van der Waals surface area contributed by atoms with E-state index in [2.05, 4.69) is 78.6 Å². The highest BCUT2D eigenvalue weighted by Crippen LogP contribution is 1.91. The fraction of sp³-hybridized carbons (Fsp3) is 0.380. The standard InChI is InChI=1S/C4H5N.C4H4O.C4H4S.2C3H4N2.2C3H3NO.2C3H3NS.C2H4N4.9C2H6/c3*1-2-4-5-3-1;1-2-5-3-4-1;1-2-4-5-3-1;1-2-5-3-4-1;1-2-4-5-3-1;1-2-5-3-4-1;1-2-4-5-3-1;1-2-3-5-6-4-2;9*1-2/h1-5H;2*1-4H;2*1-3H,(H,4,5);4*1-3H;1H3,(H,3,4,5,6);9*1-2H3. The van der Waals surface area contributed by atoms with E-state index in [4.69, 9.17) is 0 Å². The highest BCUT2D eigenvalue weighted by molar-refractivity contribution is 7.07. The molecular formula is C50H91N13O3S3. The highest BCUT2D eigenvalue weighted by Gasteiger charge is 1.78. The number of tetrazole rings is 1. The molecule has 0 aromatic carbocycles. The number of hydrogen-bond acceptors (Lipinski definition) is 15. The van der Waals surface area contributed by atoms with Gasteiger partial charge >= 0.3 is 0 Å². The molecule has 10 aromatic rings. The Kier molecular flexibility index (Phi) is 130. The van der Waals surface area contributed by atoms with Crippen molar-refractivity contribution >= 4 is 34.2 Å². The van der Waals surface area contributed by atoms with Gasteiger partial charge in [0.25, 0.3) is 0 Å². The van der Waals surface area contributed by atoms with Gasteiger partial charge in [0.15, 0.2) is 12.2 Å². The van der Waals surface area contributed by atoms with Gasteiger partial charge in [-0.25, -0.2) is 14.3 Å². The van der Waals surface area contributed by atoms with Crippen molar-refractivity contribution in [2.75, 3.05) is 0 Å². The van der Waals surface area contributed by atoms with E-state index >= 15 is 0 Å². The van der Waals surface area contributed by atoms with Gasteiger partial charge in [-0.2, -0.15) is 21.6 Å². The monoisotopic (exact) mass is 1020 g/mol. The first-order chi connectivity index (χ1) is 34.4. The van der Waals surface area contributed by atoms with E-state index in [0.29, 0.717) is 5.82 Å². The van der Waals surface area contributed by atoms with Gasteiger partial charge in [-0.1, -0.05) is 147 Å². The summed E-state index contributed by atoms with van der Waals surface area (Å²) in [5.74, 6) is 0.676. The summed E-state index contributed by atoms with van der Waals surface area (Å²) in [5.41, 5.74) is 1.79. The summed E-state index contributed by atoms with van der Waals surface area (Å²) in [5, 5.41) is 30.2. The van der Waals surface area contributed by atoms with Crippen molar-refractivity contribution in [3.05, 3.63) is 187 Å². The molecule has 0 atom stereocenters. The second-order valence-corrected chi connectivity index (χ2v) is 9.95. The Morgan fingerprint density at radius 3 is 1.25 bits per heavy atom. The zero-order valence-electron chi connectivity index (χ0n) is 45.3. The number of nitrogens with zero attached hydrogens (tertiary/aromatic N) is 9. The molecule has 0 fully saturated rings. The number of hydrogen-bond donors (Lipinski definition) is 4. The average molecular weight is 1020 g/mol. The van der Waals surface area contributed by atoms with E-state index in [9.17, 15) is 0 Å². The van der Waals surface area contributed by atoms with Crippen LogP contribution in [0.2, 0.25) is 0 Å². The highest BCUT2D eigenvalue weighted by atomic mass is 32.1. The molecule has 0 aliphatic heterocycles. The maximum atomic E-state index is 4.58. The first-order valence-electron chi connectivity index (χ1n) is 23.3. The lowest BCUT2D eigenvalue weighted by Crippen LogP contribution is -1.69. The fourth-order valence-electron chi connectivity index (χ4n) is 2.08. The van der Waals surface area contributed by atoms with E-state index in [1.807, 2.05) is 207 Å². The molecule has 0 bridgehead atoms.